The normalized spacial score (nSPS) is 47.6. The van der Waals surface area contributed by atoms with Gasteiger partial charge in [0.15, 0.2) is 5.79 Å². The number of carbonyl (C=O) groups is 2. The van der Waals surface area contributed by atoms with E-state index in [-0.39, 0.29) is 35.5 Å². The van der Waals surface area contributed by atoms with E-state index in [0.717, 1.165) is 50.5 Å². The second kappa shape index (κ2) is 10.4. The van der Waals surface area contributed by atoms with Gasteiger partial charge in [-0.1, -0.05) is 39.3 Å². The first-order valence-electron chi connectivity index (χ1n) is 16.2. The average Bonchev–Trinajstić information content (AvgIpc) is 3.34. The fourth-order valence-electron chi connectivity index (χ4n) is 10.5. The number of ether oxygens (including phenoxy) is 2. The SMILES string of the molecule is C[C@@H]1CC[C@@]2(OC1)O[C@H]1C[C@H]3[C@@H]4CC=C5CC(NC(=O)CC(=O)NCN(C)C)CC[C@]5(C)[C@H]4CC[C@]3(C)[C@H]1[C@@H]2C. The smallest absolute Gasteiger partial charge is 0.230 e. The molecule has 6 rings (SSSR count). The van der Waals surface area contributed by atoms with Crippen LogP contribution in [-0.4, -0.2) is 62.0 Å². The summed E-state index contributed by atoms with van der Waals surface area (Å²) in [5, 5.41) is 5.97. The van der Waals surface area contributed by atoms with Gasteiger partial charge in [0.05, 0.1) is 19.4 Å². The van der Waals surface area contributed by atoms with E-state index in [1.54, 1.807) is 5.57 Å². The lowest BCUT2D eigenvalue weighted by molar-refractivity contribution is -0.272. The summed E-state index contributed by atoms with van der Waals surface area (Å²) < 4.78 is 13.4. The molecule has 0 radical (unpaired) electrons. The number of hydrogen-bond donors (Lipinski definition) is 2. The van der Waals surface area contributed by atoms with E-state index in [1.807, 2.05) is 19.0 Å². The molecule has 11 atom stereocenters. The van der Waals surface area contributed by atoms with Gasteiger partial charge in [-0.15, -0.1) is 0 Å². The zero-order chi connectivity index (χ0) is 28.4. The number of fused-ring (bicyclic) bond motifs is 7. The minimum Gasteiger partial charge on any atom is -0.353 e. The largest absolute Gasteiger partial charge is 0.353 e. The Kier molecular flexibility index (Phi) is 7.44. The lowest BCUT2D eigenvalue weighted by Gasteiger charge is -2.58. The molecule has 2 aliphatic heterocycles. The molecule has 0 aromatic carbocycles. The van der Waals surface area contributed by atoms with E-state index in [2.05, 4.69) is 44.4 Å². The van der Waals surface area contributed by atoms with Crippen molar-refractivity contribution < 1.29 is 19.1 Å². The lowest BCUT2D eigenvalue weighted by Crippen LogP contribution is -2.53. The molecule has 1 spiro atoms. The number of amides is 2. The molecular weight excluding hydrogens is 502 g/mol. The fourth-order valence-corrected chi connectivity index (χ4v) is 10.5. The molecule has 40 heavy (non-hydrogen) atoms. The number of carbonyl (C=O) groups excluding carboxylic acids is 2. The van der Waals surface area contributed by atoms with Crippen molar-refractivity contribution in [2.24, 2.45) is 46.3 Å². The molecule has 7 nitrogen and oxygen atoms in total. The van der Waals surface area contributed by atoms with Crippen molar-refractivity contribution in [3.63, 3.8) is 0 Å². The molecule has 2 N–H and O–H groups in total. The summed E-state index contributed by atoms with van der Waals surface area (Å²) in [7, 11) is 3.78. The van der Waals surface area contributed by atoms with Gasteiger partial charge in [-0.3, -0.25) is 14.5 Å². The third-order valence-corrected chi connectivity index (χ3v) is 12.6. The van der Waals surface area contributed by atoms with Crippen LogP contribution in [0.3, 0.4) is 0 Å². The van der Waals surface area contributed by atoms with Gasteiger partial charge in [0, 0.05) is 18.4 Å². The first kappa shape index (κ1) is 28.7. The molecule has 0 bridgehead atoms. The predicted molar refractivity (Wildman–Crippen MR) is 155 cm³/mol. The van der Waals surface area contributed by atoms with Crippen LogP contribution in [0.25, 0.3) is 0 Å². The first-order chi connectivity index (χ1) is 18.9. The van der Waals surface area contributed by atoms with Gasteiger partial charge >= 0.3 is 0 Å². The zero-order valence-corrected chi connectivity index (χ0v) is 25.8. The van der Waals surface area contributed by atoms with Crippen molar-refractivity contribution in [3.8, 4) is 0 Å². The third kappa shape index (κ3) is 4.66. The van der Waals surface area contributed by atoms with Gasteiger partial charge in [-0.05, 0) is 106 Å². The van der Waals surface area contributed by atoms with E-state index in [0.29, 0.717) is 41.9 Å². The summed E-state index contributed by atoms with van der Waals surface area (Å²) in [5.41, 5.74) is 2.11. The minimum absolute atomic E-state index is 0.0974. The quantitative estimate of drug-likeness (QED) is 0.288. The Morgan fingerprint density at radius 1 is 1.05 bits per heavy atom. The van der Waals surface area contributed by atoms with Crippen LogP contribution < -0.4 is 10.6 Å². The molecule has 4 aliphatic carbocycles. The molecule has 7 heteroatoms. The highest BCUT2D eigenvalue weighted by molar-refractivity contribution is 5.96. The molecule has 2 saturated heterocycles. The Hall–Kier alpha value is -1.44. The van der Waals surface area contributed by atoms with Crippen molar-refractivity contribution in [2.75, 3.05) is 27.4 Å². The molecule has 2 heterocycles. The van der Waals surface area contributed by atoms with Crippen LogP contribution in [0.15, 0.2) is 11.6 Å². The monoisotopic (exact) mass is 555 g/mol. The van der Waals surface area contributed by atoms with Crippen LogP contribution in [0, 0.1) is 46.3 Å². The summed E-state index contributed by atoms with van der Waals surface area (Å²) in [5.74, 6) is 3.15. The van der Waals surface area contributed by atoms with Crippen LogP contribution in [0.1, 0.15) is 91.9 Å². The first-order valence-corrected chi connectivity index (χ1v) is 16.2. The number of nitrogens with one attached hydrogen (secondary N) is 2. The molecule has 0 aromatic rings. The zero-order valence-electron chi connectivity index (χ0n) is 25.8. The van der Waals surface area contributed by atoms with Gasteiger partial charge in [0.2, 0.25) is 11.8 Å². The maximum absolute atomic E-state index is 12.6. The van der Waals surface area contributed by atoms with E-state index in [9.17, 15) is 9.59 Å². The summed E-state index contributed by atoms with van der Waals surface area (Å²) in [6.07, 6.45) is 13.1. The summed E-state index contributed by atoms with van der Waals surface area (Å²) >= 11 is 0. The highest BCUT2D eigenvalue weighted by Gasteiger charge is 2.68. The van der Waals surface area contributed by atoms with Crippen molar-refractivity contribution in [1.29, 1.82) is 0 Å². The van der Waals surface area contributed by atoms with Crippen LogP contribution in [0.4, 0.5) is 0 Å². The second-order valence-electron chi connectivity index (χ2n) is 15.3. The van der Waals surface area contributed by atoms with E-state index >= 15 is 0 Å². The molecular formula is C33H53N3O4. The molecule has 5 fully saturated rings. The average molecular weight is 556 g/mol. The van der Waals surface area contributed by atoms with Gasteiger partial charge in [0.25, 0.3) is 0 Å². The Bertz CT molecular complexity index is 1030. The summed E-state index contributed by atoms with van der Waals surface area (Å²) in [6.45, 7) is 11.1. The van der Waals surface area contributed by atoms with Gasteiger partial charge in [0.1, 0.15) is 6.42 Å². The van der Waals surface area contributed by atoms with Gasteiger partial charge in [-0.25, -0.2) is 0 Å². The van der Waals surface area contributed by atoms with Crippen LogP contribution in [0.5, 0.6) is 0 Å². The standard InChI is InChI=1S/C33H53N3O4/c1-20-9-14-33(39-18-20)21(2)30-27(40-33)16-26-24-8-7-22-15-23(35-29(38)17-28(37)34-19-36(5)6)10-12-31(22,3)25(24)11-13-32(26,30)4/h7,20-21,23-27,30H,8-19H2,1-6H3,(H,34,37)(H,35,38)/t20-,21+,23?,24-,25+,26+,27+,30+,31+,32+,33-/m1/s1. The van der Waals surface area contributed by atoms with Crippen molar-refractivity contribution in [1.82, 2.24) is 15.5 Å². The Morgan fingerprint density at radius 3 is 2.58 bits per heavy atom. The number of hydrogen-bond acceptors (Lipinski definition) is 5. The Balaban J connectivity index is 1.11. The second-order valence-corrected chi connectivity index (χ2v) is 15.3. The third-order valence-electron chi connectivity index (χ3n) is 12.6. The van der Waals surface area contributed by atoms with Crippen LogP contribution >= 0.6 is 0 Å². The summed E-state index contributed by atoms with van der Waals surface area (Å²) in [4.78, 5) is 26.6. The topological polar surface area (TPSA) is 79.9 Å². The van der Waals surface area contributed by atoms with Gasteiger partial charge in [-0.2, -0.15) is 0 Å². The molecule has 0 aromatic heterocycles. The van der Waals surface area contributed by atoms with E-state index < -0.39 is 0 Å². The predicted octanol–water partition coefficient (Wildman–Crippen LogP) is 4.86. The molecule has 6 aliphatic rings. The van der Waals surface area contributed by atoms with Crippen LogP contribution in [0.2, 0.25) is 0 Å². The van der Waals surface area contributed by atoms with Crippen molar-refractivity contribution in [3.05, 3.63) is 11.6 Å². The van der Waals surface area contributed by atoms with Crippen molar-refractivity contribution in [2.45, 2.75) is 110 Å². The minimum atomic E-state index is -0.339. The van der Waals surface area contributed by atoms with E-state index in [1.165, 1.54) is 25.7 Å². The molecule has 1 unspecified atom stereocenters. The highest BCUT2D eigenvalue weighted by Crippen LogP contribution is 2.70. The summed E-state index contributed by atoms with van der Waals surface area (Å²) in [6, 6.07) is 0.133. The van der Waals surface area contributed by atoms with Crippen molar-refractivity contribution >= 4 is 11.8 Å². The molecule has 224 valence electrons. The highest BCUT2D eigenvalue weighted by atomic mass is 16.7. The Labute approximate surface area is 241 Å². The molecule has 3 saturated carbocycles. The maximum Gasteiger partial charge on any atom is 0.230 e. The fraction of sp³-hybridized carbons (Fsp3) is 0.879. The number of rotatable bonds is 5. The number of nitrogens with zero attached hydrogens (tertiary/aromatic N) is 1. The molecule has 2 amide bonds. The van der Waals surface area contributed by atoms with Gasteiger partial charge < -0.3 is 20.1 Å². The maximum atomic E-state index is 12.6. The number of allylic oxidation sites excluding steroid dienone is 1. The lowest BCUT2D eigenvalue weighted by atomic mass is 9.46. The Morgan fingerprint density at radius 2 is 1.85 bits per heavy atom. The van der Waals surface area contributed by atoms with E-state index in [4.69, 9.17) is 9.47 Å². The van der Waals surface area contributed by atoms with Crippen LogP contribution in [-0.2, 0) is 19.1 Å².